The molecule has 1 aliphatic carbocycles. The Morgan fingerprint density at radius 1 is 1.03 bits per heavy atom. The second kappa shape index (κ2) is 10.7. The lowest BCUT2D eigenvalue weighted by Gasteiger charge is -2.35. The highest BCUT2D eigenvalue weighted by Crippen LogP contribution is 2.40. The number of amides is 1. The molecule has 2 fully saturated rings. The van der Waals surface area contributed by atoms with Crippen molar-refractivity contribution in [3.63, 3.8) is 0 Å². The smallest absolute Gasteiger partial charge is 0.416 e. The van der Waals surface area contributed by atoms with Crippen LogP contribution in [0.15, 0.2) is 67.0 Å². The zero-order chi connectivity index (χ0) is 23.0. The van der Waals surface area contributed by atoms with E-state index in [0.717, 1.165) is 55.0 Å². The molecule has 0 bridgehead atoms. The average molecular weight is 528 g/mol. The van der Waals surface area contributed by atoms with Gasteiger partial charge in [0.1, 0.15) is 11.4 Å². The first-order valence-corrected chi connectivity index (χ1v) is 11.6. The normalized spacial score (nSPS) is 21.1. The maximum atomic E-state index is 12.4. The Bertz CT molecular complexity index is 1310. The number of imidazole rings is 1. The molecule has 1 N–H and O–H groups in total. The van der Waals surface area contributed by atoms with Crippen LogP contribution >= 0.6 is 24.8 Å². The Labute approximate surface area is 221 Å². The molecule has 1 aromatic carbocycles. The minimum Gasteiger partial charge on any atom is -0.441 e. The second-order valence-electron chi connectivity index (χ2n) is 9.06. The molecular weight excluding hydrogens is 501 g/mol. The predicted molar refractivity (Wildman–Crippen MR) is 142 cm³/mol. The average Bonchev–Trinajstić information content (AvgIpc) is 3.45. The fourth-order valence-corrected chi connectivity index (χ4v) is 4.88. The molecule has 188 valence electrons. The van der Waals surface area contributed by atoms with Crippen LogP contribution in [0.2, 0.25) is 0 Å². The summed E-state index contributed by atoms with van der Waals surface area (Å²) in [6.07, 6.45) is 6.88. The molecule has 1 saturated carbocycles. The maximum absolute atomic E-state index is 12.4. The molecular formula is C25H27Cl2N7O2. The number of nitrogens with zero attached hydrogens (tertiary/aromatic N) is 6. The molecule has 4 heterocycles. The summed E-state index contributed by atoms with van der Waals surface area (Å²) >= 11 is 0. The van der Waals surface area contributed by atoms with Crippen LogP contribution in [0.25, 0.3) is 16.9 Å². The maximum Gasteiger partial charge on any atom is 0.416 e. The molecule has 1 amide bonds. The molecule has 1 saturated heterocycles. The number of nitrogens with one attached hydrogen (secondary N) is 1. The van der Waals surface area contributed by atoms with E-state index in [1.165, 1.54) is 0 Å². The second-order valence-corrected chi connectivity index (χ2v) is 9.06. The molecule has 0 atom stereocenters. The van der Waals surface area contributed by atoms with Gasteiger partial charge in [0.15, 0.2) is 11.5 Å². The first-order valence-electron chi connectivity index (χ1n) is 11.6. The molecule has 6 rings (SSSR count). The highest BCUT2D eigenvalue weighted by atomic mass is 35.5. The summed E-state index contributed by atoms with van der Waals surface area (Å²) in [7, 11) is 0. The van der Waals surface area contributed by atoms with Crippen molar-refractivity contribution in [3.8, 4) is 11.3 Å². The van der Waals surface area contributed by atoms with Gasteiger partial charge in [0.25, 0.3) is 0 Å². The Balaban J connectivity index is 0.00000152. The van der Waals surface area contributed by atoms with Gasteiger partial charge in [0.2, 0.25) is 0 Å². The standard InChI is InChI=1S/C25H25N7O2.2ClH/c33-24-31(23-7-4-14-27-29-23)17-25(34-24)12-10-18(11-13-25)15-26-21-8-9-22-28-20(16-32(22)30-21)19-5-2-1-3-6-19;;/h1-9,14,16,18H,10-13,15,17H2,(H,26,30);2*1H/t18-,25-;;. The summed E-state index contributed by atoms with van der Waals surface area (Å²) in [4.78, 5) is 18.7. The van der Waals surface area contributed by atoms with Crippen LogP contribution in [0, 0.1) is 5.92 Å². The lowest BCUT2D eigenvalue weighted by Crippen LogP contribution is -2.39. The van der Waals surface area contributed by atoms with Gasteiger partial charge in [-0.05, 0) is 55.9 Å². The predicted octanol–water partition coefficient (Wildman–Crippen LogP) is 5.03. The molecule has 36 heavy (non-hydrogen) atoms. The van der Waals surface area contributed by atoms with Gasteiger partial charge in [-0.1, -0.05) is 30.3 Å². The number of aromatic nitrogens is 5. The van der Waals surface area contributed by atoms with E-state index in [2.05, 4.69) is 25.6 Å². The van der Waals surface area contributed by atoms with Crippen molar-refractivity contribution in [1.82, 2.24) is 24.8 Å². The Hall–Kier alpha value is -3.43. The molecule has 1 aliphatic heterocycles. The van der Waals surface area contributed by atoms with Gasteiger partial charge in [-0.3, -0.25) is 4.90 Å². The van der Waals surface area contributed by atoms with Crippen molar-refractivity contribution >= 4 is 48.2 Å². The summed E-state index contributed by atoms with van der Waals surface area (Å²) < 4.78 is 7.65. The first-order chi connectivity index (χ1) is 16.7. The number of hydrogen-bond donors (Lipinski definition) is 1. The van der Waals surface area contributed by atoms with Gasteiger partial charge in [0.05, 0.1) is 18.4 Å². The molecule has 9 nitrogen and oxygen atoms in total. The Kier molecular flexibility index (Phi) is 7.61. The van der Waals surface area contributed by atoms with Gasteiger partial charge >= 0.3 is 6.09 Å². The number of ether oxygens (including phenoxy) is 1. The van der Waals surface area contributed by atoms with Gasteiger partial charge in [0, 0.05) is 18.3 Å². The number of carbonyl (C=O) groups excluding carboxylic acids is 1. The third kappa shape index (κ3) is 5.08. The quantitative estimate of drug-likeness (QED) is 0.388. The van der Waals surface area contributed by atoms with Crippen molar-refractivity contribution in [2.75, 3.05) is 23.3 Å². The van der Waals surface area contributed by atoms with Crippen LogP contribution in [0.5, 0.6) is 0 Å². The van der Waals surface area contributed by atoms with Gasteiger partial charge in [-0.2, -0.15) is 5.10 Å². The van der Waals surface area contributed by atoms with Gasteiger partial charge < -0.3 is 10.1 Å². The van der Waals surface area contributed by atoms with Crippen LogP contribution in [0.1, 0.15) is 25.7 Å². The van der Waals surface area contributed by atoms with E-state index in [0.29, 0.717) is 18.3 Å². The van der Waals surface area contributed by atoms with E-state index >= 15 is 0 Å². The minimum absolute atomic E-state index is 0. The van der Waals surface area contributed by atoms with Crippen LogP contribution < -0.4 is 10.2 Å². The summed E-state index contributed by atoms with van der Waals surface area (Å²) in [6.45, 7) is 1.37. The number of anilines is 2. The number of hydrogen-bond acceptors (Lipinski definition) is 7. The lowest BCUT2D eigenvalue weighted by atomic mass is 9.78. The fraction of sp³-hybridized carbons (Fsp3) is 0.320. The molecule has 3 aromatic heterocycles. The van der Waals surface area contributed by atoms with Crippen LogP contribution in [0.3, 0.4) is 0 Å². The van der Waals surface area contributed by atoms with Crippen LogP contribution in [0.4, 0.5) is 16.4 Å². The van der Waals surface area contributed by atoms with E-state index in [1.807, 2.05) is 53.2 Å². The summed E-state index contributed by atoms with van der Waals surface area (Å²) in [5.41, 5.74) is 2.38. The number of rotatable bonds is 5. The molecule has 1 spiro atoms. The van der Waals surface area contributed by atoms with Crippen molar-refractivity contribution in [3.05, 3.63) is 67.0 Å². The summed E-state index contributed by atoms with van der Waals surface area (Å²) in [5.74, 6) is 1.87. The summed E-state index contributed by atoms with van der Waals surface area (Å²) in [5, 5.41) is 16.1. The SMILES string of the molecule is Cl.Cl.O=C1O[C@]2(CC[C@H](CNc3ccc4nc(-c5ccccc5)cn4n3)CC2)CN1c1cccnn1. The number of carbonyl (C=O) groups is 1. The topological polar surface area (TPSA) is 97.5 Å². The van der Waals surface area contributed by atoms with E-state index < -0.39 is 5.60 Å². The van der Waals surface area contributed by atoms with E-state index in [9.17, 15) is 4.79 Å². The van der Waals surface area contributed by atoms with Crippen molar-refractivity contribution in [2.24, 2.45) is 5.92 Å². The van der Waals surface area contributed by atoms with Gasteiger partial charge in [-0.25, -0.2) is 14.3 Å². The molecule has 0 unspecified atom stereocenters. The Morgan fingerprint density at radius 3 is 2.58 bits per heavy atom. The third-order valence-electron chi connectivity index (χ3n) is 6.78. The number of halogens is 2. The van der Waals surface area contributed by atoms with Crippen LogP contribution in [-0.2, 0) is 4.74 Å². The minimum atomic E-state index is -0.424. The van der Waals surface area contributed by atoms with Crippen LogP contribution in [-0.4, -0.2) is 49.6 Å². The van der Waals surface area contributed by atoms with E-state index in [4.69, 9.17) is 4.74 Å². The highest BCUT2D eigenvalue weighted by molar-refractivity contribution is 5.89. The zero-order valence-corrected chi connectivity index (χ0v) is 21.1. The van der Waals surface area contributed by atoms with Crippen molar-refractivity contribution in [1.29, 1.82) is 0 Å². The number of benzene rings is 1. The lowest BCUT2D eigenvalue weighted by molar-refractivity contribution is 0.0148. The fourth-order valence-electron chi connectivity index (χ4n) is 4.88. The largest absolute Gasteiger partial charge is 0.441 e. The molecule has 2 aliphatic rings. The molecule has 0 radical (unpaired) electrons. The third-order valence-corrected chi connectivity index (χ3v) is 6.78. The summed E-state index contributed by atoms with van der Waals surface area (Å²) in [6, 6.07) is 17.6. The zero-order valence-electron chi connectivity index (χ0n) is 19.5. The van der Waals surface area contributed by atoms with Crippen molar-refractivity contribution < 1.29 is 9.53 Å². The first kappa shape index (κ1) is 25.7. The van der Waals surface area contributed by atoms with Gasteiger partial charge in [-0.15, -0.1) is 35.0 Å². The highest BCUT2D eigenvalue weighted by Gasteiger charge is 2.48. The van der Waals surface area contributed by atoms with E-state index in [1.54, 1.807) is 23.2 Å². The monoisotopic (exact) mass is 527 g/mol. The van der Waals surface area contributed by atoms with E-state index in [-0.39, 0.29) is 30.9 Å². The Morgan fingerprint density at radius 2 is 1.83 bits per heavy atom. The molecule has 4 aromatic rings. The van der Waals surface area contributed by atoms with Crippen molar-refractivity contribution in [2.45, 2.75) is 31.3 Å². The molecule has 11 heteroatoms. The number of fused-ring (bicyclic) bond motifs is 1.